The van der Waals surface area contributed by atoms with Crippen LogP contribution in [0.3, 0.4) is 0 Å². The van der Waals surface area contributed by atoms with Crippen LogP contribution in [0.2, 0.25) is 0 Å². The highest BCUT2D eigenvalue weighted by molar-refractivity contribution is 7.89. The molecule has 2 atom stereocenters. The van der Waals surface area contributed by atoms with Crippen LogP contribution in [0.5, 0.6) is 0 Å². The minimum atomic E-state index is -4.25. The molecule has 224 valence electrons. The maximum atomic E-state index is 15.7. The van der Waals surface area contributed by atoms with Crippen LogP contribution >= 0.6 is 11.3 Å². The Morgan fingerprint density at radius 1 is 1.21 bits per heavy atom. The Labute approximate surface area is 243 Å². The third-order valence-electron chi connectivity index (χ3n) is 8.00. The molecule has 4 aromatic rings. The summed E-state index contributed by atoms with van der Waals surface area (Å²) in [6.07, 6.45) is 0.900. The second-order valence-electron chi connectivity index (χ2n) is 11.4. The van der Waals surface area contributed by atoms with Gasteiger partial charge in [-0.15, -0.1) is 10.2 Å². The van der Waals surface area contributed by atoms with Crippen LogP contribution in [0.15, 0.2) is 23.4 Å². The lowest BCUT2D eigenvalue weighted by molar-refractivity contribution is 0.128. The Morgan fingerprint density at radius 2 is 1.95 bits per heavy atom. The number of hydrogen-bond acceptors (Lipinski definition) is 8. The highest BCUT2D eigenvalue weighted by atomic mass is 32.2. The number of fused-ring (bicyclic) bond motifs is 3. The molecule has 1 aliphatic carbocycles. The third-order valence-corrected chi connectivity index (χ3v) is 10.6. The lowest BCUT2D eigenvalue weighted by Crippen LogP contribution is -2.48. The van der Waals surface area contributed by atoms with Gasteiger partial charge in [0.05, 0.1) is 11.2 Å². The quantitative estimate of drug-likeness (QED) is 0.334. The zero-order valence-corrected chi connectivity index (χ0v) is 24.9. The van der Waals surface area contributed by atoms with Crippen LogP contribution in [0.4, 0.5) is 18.0 Å². The van der Waals surface area contributed by atoms with Crippen LogP contribution in [0.25, 0.3) is 27.1 Å². The minimum absolute atomic E-state index is 0.0341. The lowest BCUT2D eigenvalue weighted by Gasteiger charge is -2.38. The molecule has 16 heteroatoms. The number of likely N-dealkylation sites (tertiary alicyclic amines) is 1. The molecule has 3 aromatic heterocycles. The number of nitrogens with zero attached hydrogens (tertiary/aromatic N) is 7. The first-order valence-electron chi connectivity index (χ1n) is 13.4. The number of piperidine rings is 1. The zero-order valence-electron chi connectivity index (χ0n) is 23.3. The molecule has 1 saturated carbocycles. The second-order valence-corrected chi connectivity index (χ2v) is 14.1. The van der Waals surface area contributed by atoms with Gasteiger partial charge in [-0.25, -0.2) is 41.1 Å². The van der Waals surface area contributed by atoms with Gasteiger partial charge in [0.15, 0.2) is 10.7 Å². The molecule has 0 spiro atoms. The normalized spacial score (nSPS) is 20.5. The Kier molecular flexibility index (Phi) is 6.92. The van der Waals surface area contributed by atoms with Gasteiger partial charge in [-0.3, -0.25) is 4.57 Å². The van der Waals surface area contributed by atoms with Crippen molar-refractivity contribution in [2.24, 2.45) is 0 Å². The highest BCUT2D eigenvalue weighted by Crippen LogP contribution is 2.42. The van der Waals surface area contributed by atoms with Crippen molar-refractivity contribution in [2.45, 2.75) is 68.4 Å². The number of sulfonamides is 1. The SMILES string of the molecule is C[C@H]1CC(c2ncnc3c2c2cc(F)c(S(=O)(=O)NC4(C)CC4)cc2n3-c2nnc(C(F)F)s2)CCN1C(=O)N(C)C. The summed E-state index contributed by atoms with van der Waals surface area (Å²) in [6, 6.07) is 2.11. The fraction of sp³-hybridized carbons (Fsp3) is 0.500. The number of halogens is 3. The highest BCUT2D eigenvalue weighted by Gasteiger charge is 2.42. The van der Waals surface area contributed by atoms with Crippen LogP contribution in [0.1, 0.15) is 62.6 Å². The minimum Gasteiger partial charge on any atom is -0.331 e. The largest absolute Gasteiger partial charge is 0.331 e. The number of carbonyl (C=O) groups excluding carboxylic acids is 1. The van der Waals surface area contributed by atoms with E-state index < -0.39 is 37.7 Å². The van der Waals surface area contributed by atoms with Crippen LogP contribution in [-0.4, -0.2) is 81.2 Å². The summed E-state index contributed by atoms with van der Waals surface area (Å²) < 4.78 is 73.1. The van der Waals surface area contributed by atoms with E-state index in [1.807, 2.05) is 6.92 Å². The number of aromatic nitrogens is 5. The molecular weight excluding hydrogens is 593 g/mol. The van der Waals surface area contributed by atoms with Crippen LogP contribution < -0.4 is 4.72 Å². The van der Waals surface area contributed by atoms with E-state index in [0.29, 0.717) is 60.0 Å². The number of rotatable bonds is 6. The van der Waals surface area contributed by atoms with E-state index in [0.717, 1.165) is 6.07 Å². The number of benzene rings is 1. The third kappa shape index (κ3) is 4.88. The summed E-state index contributed by atoms with van der Waals surface area (Å²) >= 11 is 0.637. The monoisotopic (exact) mass is 622 g/mol. The van der Waals surface area contributed by atoms with E-state index in [-0.39, 0.29) is 34.3 Å². The van der Waals surface area contributed by atoms with Crippen molar-refractivity contribution in [2.75, 3.05) is 20.6 Å². The van der Waals surface area contributed by atoms with Crippen molar-refractivity contribution in [3.8, 4) is 5.13 Å². The number of amides is 2. The molecule has 42 heavy (non-hydrogen) atoms. The van der Waals surface area contributed by atoms with Crippen molar-refractivity contribution in [1.82, 2.24) is 39.3 Å². The van der Waals surface area contributed by atoms with Gasteiger partial charge >= 0.3 is 6.03 Å². The second kappa shape index (κ2) is 10.1. The van der Waals surface area contributed by atoms with Gasteiger partial charge < -0.3 is 9.80 Å². The van der Waals surface area contributed by atoms with Gasteiger partial charge in [0.2, 0.25) is 15.2 Å². The van der Waals surface area contributed by atoms with Gasteiger partial charge in [-0.05, 0) is 51.7 Å². The molecule has 11 nitrogen and oxygen atoms in total. The number of alkyl halides is 2. The average Bonchev–Trinajstić information content (AvgIpc) is 3.31. The molecule has 6 rings (SSSR count). The van der Waals surface area contributed by atoms with Crippen molar-refractivity contribution >= 4 is 49.3 Å². The standard InChI is InChI=1S/C26H29F3N8O3S2/c1-13-9-14(5-8-36(13)25(38)35(3)4)20-19-15-10-16(27)18(42(39,40)34-26(2)6-7-26)11-17(15)37(22(19)31-12-30-20)24-33-32-23(41-24)21(28)29/h10-14,21,34H,5-9H2,1-4H3/t13-,14?/m0/s1. The molecule has 1 unspecified atom stereocenters. The predicted octanol–water partition coefficient (Wildman–Crippen LogP) is 4.58. The predicted molar refractivity (Wildman–Crippen MR) is 150 cm³/mol. The van der Waals surface area contributed by atoms with Crippen LogP contribution in [-0.2, 0) is 10.0 Å². The summed E-state index contributed by atoms with van der Waals surface area (Å²) in [5.74, 6) is -1.09. The van der Waals surface area contributed by atoms with E-state index in [1.165, 1.54) is 21.9 Å². The van der Waals surface area contributed by atoms with Crippen molar-refractivity contribution in [1.29, 1.82) is 0 Å². The first kappa shape index (κ1) is 28.7. The lowest BCUT2D eigenvalue weighted by atomic mass is 9.87. The fourth-order valence-electron chi connectivity index (χ4n) is 5.60. The maximum Gasteiger partial charge on any atom is 0.319 e. The van der Waals surface area contributed by atoms with E-state index in [9.17, 15) is 22.0 Å². The van der Waals surface area contributed by atoms with Gasteiger partial charge in [0, 0.05) is 48.9 Å². The van der Waals surface area contributed by atoms with Crippen molar-refractivity contribution < 1.29 is 26.4 Å². The molecule has 2 aliphatic rings. The van der Waals surface area contributed by atoms with E-state index in [4.69, 9.17) is 0 Å². The van der Waals surface area contributed by atoms with Crippen molar-refractivity contribution in [3.05, 3.63) is 35.0 Å². The van der Waals surface area contributed by atoms with Gasteiger partial charge in [0.1, 0.15) is 17.0 Å². The topological polar surface area (TPSA) is 126 Å². The zero-order chi connectivity index (χ0) is 30.1. The first-order valence-corrected chi connectivity index (χ1v) is 15.7. The number of nitrogens with one attached hydrogen (secondary N) is 1. The van der Waals surface area contributed by atoms with E-state index in [2.05, 4.69) is 24.9 Å². The first-order chi connectivity index (χ1) is 19.8. The molecule has 0 radical (unpaired) electrons. The fourth-order valence-corrected chi connectivity index (χ4v) is 7.86. The molecule has 1 saturated heterocycles. The Bertz CT molecular complexity index is 1820. The molecule has 0 bridgehead atoms. The number of urea groups is 1. The summed E-state index contributed by atoms with van der Waals surface area (Å²) in [6.45, 7) is 4.17. The molecule has 1 aromatic carbocycles. The smallest absolute Gasteiger partial charge is 0.319 e. The molecule has 1 aliphatic heterocycles. The molecule has 4 heterocycles. The summed E-state index contributed by atoms with van der Waals surface area (Å²) in [5, 5.41) is 7.86. The van der Waals surface area contributed by atoms with Gasteiger partial charge in [-0.1, -0.05) is 11.3 Å². The van der Waals surface area contributed by atoms with Crippen molar-refractivity contribution in [3.63, 3.8) is 0 Å². The molecule has 1 N–H and O–H groups in total. The van der Waals surface area contributed by atoms with Crippen LogP contribution in [0, 0.1) is 5.82 Å². The summed E-state index contributed by atoms with van der Waals surface area (Å²) in [5.41, 5.74) is 0.447. The van der Waals surface area contributed by atoms with E-state index >= 15 is 4.39 Å². The maximum absolute atomic E-state index is 15.7. The van der Waals surface area contributed by atoms with Gasteiger partial charge in [0.25, 0.3) is 6.43 Å². The molecule has 2 fully saturated rings. The number of hydrogen-bond donors (Lipinski definition) is 1. The Morgan fingerprint density at radius 3 is 2.57 bits per heavy atom. The number of carbonyl (C=O) groups is 1. The molecule has 2 amide bonds. The summed E-state index contributed by atoms with van der Waals surface area (Å²) in [7, 11) is -0.860. The Balaban J connectivity index is 1.54. The van der Waals surface area contributed by atoms with Gasteiger partial charge in [-0.2, -0.15) is 0 Å². The molecular formula is C26H29F3N8O3S2. The summed E-state index contributed by atoms with van der Waals surface area (Å²) in [4.78, 5) is 24.4. The van der Waals surface area contributed by atoms with E-state index in [1.54, 1.807) is 25.9 Å². The average molecular weight is 623 g/mol. The Hall–Kier alpha value is -3.37.